The van der Waals surface area contributed by atoms with Crippen molar-refractivity contribution in [3.8, 4) is 22.5 Å². The Balaban J connectivity index is 0.967. The second-order valence-corrected chi connectivity index (χ2v) is 23.5. The van der Waals surface area contributed by atoms with Crippen LogP contribution in [0.1, 0.15) is 153 Å². The van der Waals surface area contributed by atoms with Crippen LogP contribution in [0.5, 0.6) is 0 Å². The summed E-state index contributed by atoms with van der Waals surface area (Å²) >= 11 is -0.583. The number of likely N-dealkylation sites (tertiary alicyclic amines) is 3. The van der Waals surface area contributed by atoms with Crippen molar-refractivity contribution in [1.29, 1.82) is 0 Å². The van der Waals surface area contributed by atoms with Gasteiger partial charge in [-0.05, 0) is 55.1 Å². The average Bonchev–Trinajstić information content (AvgIpc) is 4.02. The third kappa shape index (κ3) is 8.97. The molecule has 4 aliphatic rings. The molecule has 3 aliphatic heterocycles. The minimum Gasteiger partial charge on any atom is -0.340 e. The number of H-pyrrole nitrogens is 2. The number of nitrogens with one attached hydrogen (secondary N) is 2. The van der Waals surface area contributed by atoms with E-state index in [4.69, 9.17) is 9.97 Å². The van der Waals surface area contributed by atoms with Gasteiger partial charge in [-0.3, -0.25) is 4.79 Å². The van der Waals surface area contributed by atoms with Crippen LogP contribution in [0.2, 0.25) is 0 Å². The Morgan fingerprint density at radius 3 is 1.70 bits per heavy atom. The van der Waals surface area contributed by atoms with Crippen LogP contribution in [0.25, 0.3) is 22.5 Å². The van der Waals surface area contributed by atoms with E-state index in [1.807, 2.05) is 17.3 Å². The fourth-order valence-electron chi connectivity index (χ4n) is 9.60. The number of benzene rings is 2. The third-order valence-electron chi connectivity index (χ3n) is 12.2. The number of allylic oxidation sites excluding steroid dienone is 1. The van der Waals surface area contributed by atoms with Crippen molar-refractivity contribution in [2.75, 3.05) is 13.1 Å². The molecule has 0 spiro atoms. The number of hydrogen-bond acceptors (Lipinski definition) is 5. The van der Waals surface area contributed by atoms with Gasteiger partial charge in [0.15, 0.2) is 0 Å². The van der Waals surface area contributed by atoms with Gasteiger partial charge in [0.05, 0.1) is 17.9 Å². The number of hydrogen-bond donors (Lipinski definition) is 2. The van der Waals surface area contributed by atoms with Crippen molar-refractivity contribution in [2.45, 2.75) is 139 Å². The van der Waals surface area contributed by atoms with E-state index in [1.54, 1.807) is 0 Å². The minimum absolute atomic E-state index is 0.0200. The van der Waals surface area contributed by atoms with E-state index >= 15 is 0 Å². The molecule has 3 fully saturated rings. The van der Waals surface area contributed by atoms with Gasteiger partial charge in [-0.2, -0.15) is 0 Å². The topological polar surface area (TPSA) is 101 Å². The molecule has 2 aromatic carbocycles. The molecule has 3 unspecified atom stereocenters. The monoisotopic (exact) mass is 882 g/mol. The molecule has 304 valence electrons. The second-order valence-electron chi connectivity index (χ2n) is 18.9. The first-order valence-electron chi connectivity index (χ1n) is 21.3. The first-order chi connectivity index (χ1) is 27.3. The molecule has 0 saturated carbocycles. The molecule has 5 heterocycles. The maximum absolute atomic E-state index is 13.2. The number of alkyl halides is 1. The van der Waals surface area contributed by atoms with Crippen molar-refractivity contribution in [3.05, 3.63) is 95.9 Å². The van der Waals surface area contributed by atoms with Gasteiger partial charge in [-0.25, -0.2) is 4.98 Å². The summed E-state index contributed by atoms with van der Waals surface area (Å²) in [5, 5.41) is 0. The van der Waals surface area contributed by atoms with Crippen molar-refractivity contribution in [2.24, 2.45) is 5.41 Å². The number of carbonyl (C=O) groups is 2. The molecule has 8 rings (SSSR count). The van der Waals surface area contributed by atoms with E-state index < -0.39 is 21.2 Å². The third-order valence-corrected chi connectivity index (χ3v) is 14.9. The summed E-state index contributed by atoms with van der Waals surface area (Å²) in [7, 11) is 0. The molecule has 0 radical (unpaired) electrons. The molecule has 10 heteroatoms. The summed E-state index contributed by atoms with van der Waals surface area (Å²) in [6, 6.07) is 19.6. The summed E-state index contributed by atoms with van der Waals surface area (Å²) in [5.41, 5.74) is 6.99. The van der Waals surface area contributed by atoms with Crippen LogP contribution in [0.4, 0.5) is 4.79 Å². The van der Waals surface area contributed by atoms with E-state index in [0.29, 0.717) is 28.5 Å². The molecular weight excluding hydrogens is 821 g/mol. The number of rotatable bonds is 9. The van der Waals surface area contributed by atoms with Gasteiger partial charge >= 0.3 is 165 Å². The summed E-state index contributed by atoms with van der Waals surface area (Å²) in [6.45, 7) is 14.5. The van der Waals surface area contributed by atoms with Crippen LogP contribution in [0, 0.1) is 5.41 Å². The van der Waals surface area contributed by atoms with Gasteiger partial charge < -0.3 is 9.88 Å². The summed E-state index contributed by atoms with van der Waals surface area (Å²) in [4.78, 5) is 50.2. The standard InChI is InChI=1S/C47H61IN7O2/c1-46(2,3)28-42(56)53-26-10-14-40(53)43-49-29-36(51-43)31-16-20-33(21-17-31)38-24-25-39(55(38)35-12-8-7-9-13-35)34-22-18-32(19-23-34)37-30-50-44(52-37)41-15-11-27-54(41)45(57)48-47(4,5)6/h7-8,16-23,29-30,35,38-41H,9-15,24-28H2,1-6H3,(H,49,51)(H,50,52)/q-1/t35?,38?,39?,40-,41-/m0/s1. The number of aromatic amines is 2. The van der Waals surface area contributed by atoms with E-state index in [9.17, 15) is 9.59 Å². The quantitative estimate of drug-likeness (QED) is 0.0591. The molecule has 4 aromatic rings. The molecule has 57 heavy (non-hydrogen) atoms. The Labute approximate surface area is 349 Å². The van der Waals surface area contributed by atoms with Crippen molar-refractivity contribution in [1.82, 2.24) is 34.6 Å². The zero-order chi connectivity index (χ0) is 39.9. The number of aromatic nitrogens is 4. The Bertz CT molecular complexity index is 1920. The SMILES string of the molecule is CC(C)(C)CC(=O)N1CCC[C@H]1c1ncc(-c2ccc(C3CCC(c4ccc(-c5cnc([C@@H]6CCCN6C(=O)[I-]C(C)(C)C)[nH]5)cc4)N3C3CC=CCC3)cc2)[nH]1. The van der Waals surface area contributed by atoms with Crippen molar-refractivity contribution >= 4 is 9.82 Å². The van der Waals surface area contributed by atoms with Gasteiger partial charge in [0.25, 0.3) is 0 Å². The number of amides is 2. The Hall–Kier alpha value is -3.77. The van der Waals surface area contributed by atoms with Crippen LogP contribution in [0.15, 0.2) is 73.1 Å². The smallest absolute Gasteiger partial charge is 0.340 e. The number of halogens is 1. The van der Waals surface area contributed by atoms with Gasteiger partial charge in [0.2, 0.25) is 5.91 Å². The van der Waals surface area contributed by atoms with E-state index in [2.05, 4.69) is 122 Å². The van der Waals surface area contributed by atoms with Gasteiger partial charge in [-0.15, -0.1) is 0 Å². The van der Waals surface area contributed by atoms with E-state index in [-0.39, 0.29) is 26.8 Å². The number of imidazole rings is 2. The predicted octanol–water partition coefficient (Wildman–Crippen LogP) is 7.70. The Morgan fingerprint density at radius 2 is 1.21 bits per heavy atom. The molecule has 3 saturated heterocycles. The summed E-state index contributed by atoms with van der Waals surface area (Å²) in [6.07, 6.45) is 18.8. The first-order valence-corrected chi connectivity index (χ1v) is 23.5. The molecule has 2 N–H and O–H groups in total. The Morgan fingerprint density at radius 1 is 0.684 bits per heavy atom. The molecule has 0 bridgehead atoms. The summed E-state index contributed by atoms with van der Waals surface area (Å²) in [5.74, 6) is 2.03. The van der Waals surface area contributed by atoms with Gasteiger partial charge in [0.1, 0.15) is 5.82 Å². The second kappa shape index (κ2) is 16.5. The predicted molar refractivity (Wildman–Crippen MR) is 223 cm³/mol. The fourth-order valence-corrected chi connectivity index (χ4v) is 11.9. The van der Waals surface area contributed by atoms with Crippen LogP contribution in [0.3, 0.4) is 0 Å². The van der Waals surface area contributed by atoms with Crippen LogP contribution in [-0.2, 0) is 4.79 Å². The normalized spacial score (nSPS) is 24.6. The number of nitrogens with zero attached hydrogens (tertiary/aromatic N) is 5. The van der Waals surface area contributed by atoms with Crippen molar-refractivity contribution < 1.29 is 30.8 Å². The van der Waals surface area contributed by atoms with E-state index in [1.165, 1.54) is 17.5 Å². The van der Waals surface area contributed by atoms with Crippen LogP contribution < -0.4 is 21.2 Å². The molecule has 2 amide bonds. The molecule has 1 aliphatic carbocycles. The van der Waals surface area contributed by atoms with Crippen LogP contribution >= 0.6 is 0 Å². The molecular formula is C47H61IN7O2-. The zero-order valence-electron chi connectivity index (χ0n) is 34.7. The Kier molecular flexibility index (Phi) is 11.6. The summed E-state index contributed by atoms with van der Waals surface area (Å²) < 4.78 is 0.408. The maximum atomic E-state index is 13.2. The zero-order valence-corrected chi connectivity index (χ0v) is 36.9. The fraction of sp³-hybridized carbons (Fsp3) is 0.532. The molecule has 2 aromatic heterocycles. The average molecular weight is 883 g/mol. The first kappa shape index (κ1) is 40.0. The van der Waals surface area contributed by atoms with Crippen molar-refractivity contribution in [3.63, 3.8) is 0 Å². The number of carbonyl (C=O) groups excluding carboxylic acids is 2. The van der Waals surface area contributed by atoms with Gasteiger partial charge in [-0.1, -0.05) is 57.2 Å². The minimum atomic E-state index is -0.583. The van der Waals surface area contributed by atoms with Crippen LogP contribution in [-0.4, -0.2) is 67.0 Å². The molecule has 9 nitrogen and oxygen atoms in total. The molecule has 5 atom stereocenters. The van der Waals surface area contributed by atoms with E-state index in [0.717, 1.165) is 98.6 Å². The van der Waals surface area contributed by atoms with Gasteiger partial charge in [0, 0.05) is 25.0 Å².